The van der Waals surface area contributed by atoms with Gasteiger partial charge in [-0.15, -0.1) is 0 Å². The van der Waals surface area contributed by atoms with Crippen molar-refractivity contribution in [2.45, 2.75) is 177 Å². The lowest BCUT2D eigenvalue weighted by Crippen LogP contribution is -2.48. The van der Waals surface area contributed by atoms with Crippen molar-refractivity contribution in [3.8, 4) is 0 Å². The smallest absolute Gasteiger partial charge is 0.408 e. The molecule has 17 heteroatoms. The van der Waals surface area contributed by atoms with E-state index in [1.54, 1.807) is 83.1 Å². The number of aliphatic hydroxyl groups excluding tert-OH is 2. The molecule has 17 nitrogen and oxygen atoms in total. The zero-order valence-electron chi connectivity index (χ0n) is 38.7. The quantitative estimate of drug-likeness (QED) is 0.0381. The van der Waals surface area contributed by atoms with Gasteiger partial charge in [-0.3, -0.25) is 0 Å². The first-order valence-corrected chi connectivity index (χ1v) is 20.4. The fourth-order valence-electron chi connectivity index (χ4n) is 3.97. The summed E-state index contributed by atoms with van der Waals surface area (Å²) in [5.74, 6) is -2.50. The molecule has 0 radical (unpaired) electrons. The molecule has 0 aromatic carbocycles. The molecule has 346 valence electrons. The fraction of sp³-hybridized carbons (Fsp3) is 0.810. The number of esters is 3. The highest BCUT2D eigenvalue weighted by Crippen LogP contribution is 2.12. The minimum absolute atomic E-state index is 0.233. The van der Waals surface area contributed by atoms with E-state index in [0.717, 1.165) is 38.5 Å². The number of carbonyl (C=O) groups excluding carboxylic acids is 6. The largest absolute Gasteiger partial charge is 0.464 e. The van der Waals surface area contributed by atoms with Crippen LogP contribution in [0.25, 0.3) is 0 Å². The number of alkyl carbamates (subject to hydrolysis) is 3. The Kier molecular flexibility index (Phi) is 31.0. The lowest BCUT2D eigenvalue weighted by Gasteiger charge is -2.25. The molecule has 0 aliphatic carbocycles. The molecular weight excluding hydrogens is 770 g/mol. The van der Waals surface area contributed by atoms with Crippen molar-refractivity contribution < 1.29 is 67.4 Å². The average Bonchev–Trinajstić information content (AvgIpc) is 3.09. The van der Waals surface area contributed by atoms with Gasteiger partial charge < -0.3 is 54.6 Å². The Morgan fingerprint density at radius 1 is 0.525 bits per heavy atom. The highest BCUT2D eigenvalue weighted by molar-refractivity contribution is 5.84. The van der Waals surface area contributed by atoms with E-state index in [2.05, 4.69) is 22.5 Å². The molecular formula is C42H79N3O14. The van der Waals surface area contributed by atoms with Crippen LogP contribution in [0.5, 0.6) is 0 Å². The van der Waals surface area contributed by atoms with E-state index in [-0.39, 0.29) is 13.2 Å². The van der Waals surface area contributed by atoms with E-state index < -0.39 is 83.0 Å². The molecule has 0 bridgehead atoms. The number of unbranched alkanes of at least 4 members (excludes halogenated alkanes) is 3. The maximum atomic E-state index is 11.9. The first kappa shape index (κ1) is 59.2. The van der Waals surface area contributed by atoms with Gasteiger partial charge in [0.25, 0.3) is 0 Å². The average molecular weight is 850 g/mol. The molecule has 0 aliphatic heterocycles. The van der Waals surface area contributed by atoms with Gasteiger partial charge in [-0.1, -0.05) is 60.5 Å². The van der Waals surface area contributed by atoms with Crippen LogP contribution in [0.3, 0.4) is 0 Å². The highest BCUT2D eigenvalue weighted by atomic mass is 16.6. The zero-order chi connectivity index (χ0) is 46.6. The van der Waals surface area contributed by atoms with Gasteiger partial charge in [-0.25, -0.2) is 28.8 Å². The summed E-state index contributed by atoms with van der Waals surface area (Å²) in [4.78, 5) is 70.7. The first-order chi connectivity index (χ1) is 27.1. The van der Waals surface area contributed by atoms with Crippen LogP contribution < -0.4 is 16.0 Å². The maximum absolute atomic E-state index is 11.9. The van der Waals surface area contributed by atoms with Gasteiger partial charge in [0.15, 0.2) is 6.04 Å². The Balaban J connectivity index is -0.000000798. The van der Waals surface area contributed by atoms with Gasteiger partial charge in [0.1, 0.15) is 28.9 Å². The molecule has 0 saturated heterocycles. The normalized spacial score (nSPS) is 13.7. The van der Waals surface area contributed by atoms with Crippen LogP contribution in [0.15, 0.2) is 12.2 Å². The fourth-order valence-corrected chi connectivity index (χ4v) is 3.97. The van der Waals surface area contributed by atoms with Crippen molar-refractivity contribution in [2.24, 2.45) is 11.8 Å². The minimum Gasteiger partial charge on any atom is -0.464 e. The Labute approximate surface area is 353 Å². The number of amides is 3. The van der Waals surface area contributed by atoms with Gasteiger partial charge in [0.2, 0.25) is 0 Å². The molecule has 0 heterocycles. The van der Waals surface area contributed by atoms with Gasteiger partial charge >= 0.3 is 36.2 Å². The molecule has 3 amide bonds. The number of carbonyl (C=O) groups is 6. The summed E-state index contributed by atoms with van der Waals surface area (Å²) in [6.07, 6.45) is 3.01. The number of rotatable bonds is 20. The lowest BCUT2D eigenvalue weighted by atomic mass is 10.0. The summed E-state index contributed by atoms with van der Waals surface area (Å²) >= 11 is 0. The van der Waals surface area contributed by atoms with Crippen molar-refractivity contribution in [1.82, 2.24) is 16.0 Å². The third kappa shape index (κ3) is 33.4. The van der Waals surface area contributed by atoms with Crippen molar-refractivity contribution in [2.75, 3.05) is 33.0 Å². The molecule has 0 fully saturated rings. The summed E-state index contributed by atoms with van der Waals surface area (Å²) in [5.41, 5.74) is -1.41. The number of hydrogen-bond acceptors (Lipinski definition) is 14. The summed E-state index contributed by atoms with van der Waals surface area (Å²) < 4.78 is 30.5. The second kappa shape index (κ2) is 30.9. The van der Waals surface area contributed by atoms with Crippen molar-refractivity contribution in [3.05, 3.63) is 12.2 Å². The number of nitrogens with one attached hydrogen (secondary N) is 3. The second-order valence-corrected chi connectivity index (χ2v) is 17.1. The van der Waals surface area contributed by atoms with E-state index in [9.17, 15) is 39.0 Å². The zero-order valence-corrected chi connectivity index (χ0v) is 38.7. The van der Waals surface area contributed by atoms with Crippen molar-refractivity contribution >= 4 is 36.2 Å². The van der Waals surface area contributed by atoms with Gasteiger partial charge in [0.05, 0.1) is 19.8 Å². The van der Waals surface area contributed by atoms with Crippen LogP contribution >= 0.6 is 0 Å². The third-order valence-corrected chi connectivity index (χ3v) is 7.18. The summed E-state index contributed by atoms with van der Waals surface area (Å²) in [6, 6.07) is -2.69. The molecule has 0 saturated carbocycles. The maximum Gasteiger partial charge on any atom is 0.408 e. The predicted octanol–water partition coefficient (Wildman–Crippen LogP) is 6.50. The van der Waals surface area contributed by atoms with E-state index in [1.807, 2.05) is 20.8 Å². The predicted molar refractivity (Wildman–Crippen MR) is 224 cm³/mol. The standard InChI is InChI=1S/2C14H27NO5.C14H25NO4/c2*1-6-7-8-19-12(17)11(10(2)9-16)15-13(18)20-14(3,4)5;1-7-8-9-18-12(16)11(10(2)3)15-13(17)19-14(4,5)6/h2*10-11,16H,6-9H2,1-5H3,(H,15,18);11H,2,7-9H2,1,3-6H3,(H,15,17)/t10-,11+;10-,11-;11-/m100/s1. The molecule has 5 atom stereocenters. The topological polar surface area (TPSA) is 234 Å². The second-order valence-electron chi connectivity index (χ2n) is 17.1. The van der Waals surface area contributed by atoms with Crippen LogP contribution in [0, 0.1) is 11.8 Å². The van der Waals surface area contributed by atoms with E-state index >= 15 is 0 Å². The summed E-state index contributed by atoms with van der Waals surface area (Å²) in [6.45, 7) is 30.8. The van der Waals surface area contributed by atoms with Crippen LogP contribution in [-0.4, -0.2) is 114 Å². The van der Waals surface area contributed by atoms with E-state index in [4.69, 9.17) is 28.4 Å². The number of ether oxygens (including phenoxy) is 6. The van der Waals surface area contributed by atoms with Gasteiger partial charge in [-0.2, -0.15) is 0 Å². The Bertz CT molecular complexity index is 1190. The molecule has 0 spiro atoms. The van der Waals surface area contributed by atoms with Crippen LogP contribution in [0.4, 0.5) is 14.4 Å². The van der Waals surface area contributed by atoms with Crippen LogP contribution in [-0.2, 0) is 42.8 Å². The van der Waals surface area contributed by atoms with Crippen LogP contribution in [0.1, 0.15) is 142 Å². The monoisotopic (exact) mass is 850 g/mol. The van der Waals surface area contributed by atoms with Gasteiger partial charge in [-0.05, 0) is 94.1 Å². The summed E-state index contributed by atoms with van der Waals surface area (Å²) in [5, 5.41) is 25.7. The number of aliphatic hydroxyl groups is 2. The van der Waals surface area contributed by atoms with E-state index in [1.165, 1.54) is 0 Å². The minimum atomic E-state index is -0.910. The van der Waals surface area contributed by atoms with Crippen molar-refractivity contribution in [1.29, 1.82) is 0 Å². The first-order valence-electron chi connectivity index (χ1n) is 20.4. The Hall–Kier alpha value is -4.12. The van der Waals surface area contributed by atoms with Crippen LogP contribution in [0.2, 0.25) is 0 Å². The lowest BCUT2D eigenvalue weighted by molar-refractivity contribution is -0.148. The third-order valence-electron chi connectivity index (χ3n) is 7.18. The van der Waals surface area contributed by atoms with E-state index in [0.29, 0.717) is 25.4 Å². The Morgan fingerprint density at radius 2 is 0.797 bits per heavy atom. The summed E-state index contributed by atoms with van der Waals surface area (Å²) in [7, 11) is 0. The Morgan fingerprint density at radius 3 is 1.03 bits per heavy atom. The van der Waals surface area contributed by atoms with Crippen molar-refractivity contribution in [3.63, 3.8) is 0 Å². The molecule has 0 unspecified atom stereocenters. The molecule has 0 aromatic heterocycles. The SMILES string of the molecule is C=C(C)[C@H](NC(=O)OC(C)(C)C)C(=O)OCCCC.CCCCOC(=O)[C@@H](NC(=O)OC(C)(C)C)[C@@H](C)CO.CCCCOC(=O)[C@@H](NC(=O)OC(C)(C)C)[C@H](C)CO. The molecule has 0 aromatic rings. The number of hydrogen-bond donors (Lipinski definition) is 5. The molecule has 0 aliphatic rings. The molecule has 0 rings (SSSR count). The molecule has 59 heavy (non-hydrogen) atoms. The van der Waals surface area contributed by atoms with Gasteiger partial charge in [0, 0.05) is 25.0 Å². The molecule has 5 N–H and O–H groups in total. The highest BCUT2D eigenvalue weighted by Gasteiger charge is 2.31.